The second-order valence-electron chi connectivity index (χ2n) is 6.68. The number of hydrogen-bond donors (Lipinski definition) is 1. The molecule has 1 aliphatic carbocycles. The molecule has 1 saturated carbocycles. The van der Waals surface area contributed by atoms with E-state index in [0.29, 0.717) is 28.8 Å². The molecule has 0 amide bonds. The van der Waals surface area contributed by atoms with E-state index in [1.807, 2.05) is 12.1 Å². The first-order valence-electron chi connectivity index (χ1n) is 8.92. The Morgan fingerprint density at radius 2 is 1.78 bits per heavy atom. The van der Waals surface area contributed by atoms with Gasteiger partial charge in [0.2, 0.25) is 11.4 Å². The zero-order valence-electron chi connectivity index (χ0n) is 15.9. The second kappa shape index (κ2) is 6.94. The minimum atomic E-state index is -0.0198. The predicted octanol–water partition coefficient (Wildman–Crippen LogP) is 3.20. The number of ether oxygens (including phenoxy) is 3. The maximum absolute atomic E-state index is 5.47. The van der Waals surface area contributed by atoms with Crippen molar-refractivity contribution >= 4 is 11.3 Å². The number of rotatable bonds is 7. The van der Waals surface area contributed by atoms with Gasteiger partial charge in [0.05, 0.1) is 32.7 Å². The van der Waals surface area contributed by atoms with Crippen LogP contribution in [0.1, 0.15) is 43.0 Å². The molecule has 1 N–H and O–H groups in total. The van der Waals surface area contributed by atoms with Crippen LogP contribution in [0.25, 0.3) is 5.65 Å². The van der Waals surface area contributed by atoms with Gasteiger partial charge in [-0.15, -0.1) is 10.2 Å². The minimum absolute atomic E-state index is 0.0198. The van der Waals surface area contributed by atoms with Gasteiger partial charge >= 0.3 is 0 Å². The molecule has 8 heteroatoms. The third-order valence-electron chi connectivity index (χ3n) is 4.84. The van der Waals surface area contributed by atoms with Crippen LogP contribution >= 0.6 is 0 Å². The van der Waals surface area contributed by atoms with Gasteiger partial charge in [0.1, 0.15) is 6.33 Å². The molecule has 4 rings (SSSR count). The number of anilines is 1. The van der Waals surface area contributed by atoms with Crippen molar-refractivity contribution in [3.05, 3.63) is 35.8 Å². The fourth-order valence-electron chi connectivity index (χ4n) is 3.20. The van der Waals surface area contributed by atoms with E-state index in [4.69, 9.17) is 14.2 Å². The van der Waals surface area contributed by atoms with Gasteiger partial charge in [0.15, 0.2) is 11.5 Å². The van der Waals surface area contributed by atoms with Crippen molar-refractivity contribution in [2.24, 2.45) is 0 Å². The molecule has 0 bridgehead atoms. The van der Waals surface area contributed by atoms with Gasteiger partial charge in [-0.05, 0) is 43.5 Å². The van der Waals surface area contributed by atoms with Crippen molar-refractivity contribution in [1.82, 2.24) is 19.8 Å². The van der Waals surface area contributed by atoms with Gasteiger partial charge in [-0.1, -0.05) is 0 Å². The summed E-state index contributed by atoms with van der Waals surface area (Å²) < 4.78 is 18.1. The number of nitrogens with zero attached hydrogens (tertiary/aromatic N) is 4. The van der Waals surface area contributed by atoms with Gasteiger partial charge in [-0.2, -0.15) is 9.61 Å². The number of fused-ring (bicyclic) bond motifs is 1. The summed E-state index contributed by atoms with van der Waals surface area (Å²) in [4.78, 5) is 0. The van der Waals surface area contributed by atoms with E-state index in [-0.39, 0.29) is 6.04 Å². The molecular formula is C19H23N5O3. The zero-order valence-corrected chi connectivity index (χ0v) is 15.9. The first-order chi connectivity index (χ1) is 13.1. The Labute approximate surface area is 157 Å². The lowest BCUT2D eigenvalue weighted by Gasteiger charge is -2.20. The van der Waals surface area contributed by atoms with E-state index in [0.717, 1.165) is 16.9 Å². The van der Waals surface area contributed by atoms with Gasteiger partial charge in [-0.3, -0.25) is 0 Å². The summed E-state index contributed by atoms with van der Waals surface area (Å²) in [5, 5.41) is 16.3. The van der Waals surface area contributed by atoms with Gasteiger partial charge in [-0.25, -0.2) is 0 Å². The Morgan fingerprint density at radius 3 is 2.37 bits per heavy atom. The van der Waals surface area contributed by atoms with Gasteiger partial charge < -0.3 is 19.5 Å². The van der Waals surface area contributed by atoms with E-state index in [1.165, 1.54) is 12.8 Å². The summed E-state index contributed by atoms with van der Waals surface area (Å²) in [5.74, 6) is 2.37. The Hall–Kier alpha value is -3.03. The van der Waals surface area contributed by atoms with Crippen LogP contribution in [0.15, 0.2) is 24.5 Å². The highest BCUT2D eigenvalue weighted by atomic mass is 16.5. The van der Waals surface area contributed by atoms with Crippen molar-refractivity contribution in [2.75, 3.05) is 26.6 Å². The number of methoxy groups -OCH3 is 3. The van der Waals surface area contributed by atoms with E-state index < -0.39 is 0 Å². The van der Waals surface area contributed by atoms with Crippen molar-refractivity contribution < 1.29 is 14.2 Å². The van der Waals surface area contributed by atoms with Crippen LogP contribution in [-0.4, -0.2) is 41.1 Å². The van der Waals surface area contributed by atoms with Crippen LogP contribution in [0.2, 0.25) is 0 Å². The van der Waals surface area contributed by atoms with Crippen LogP contribution in [0.4, 0.5) is 5.69 Å². The molecule has 1 fully saturated rings. The molecule has 142 valence electrons. The average Bonchev–Trinajstić information content (AvgIpc) is 3.43. The standard InChI is InChI=1S/C19H23N5O3/c1-11(13-7-16(25-2)18(27-4)17(8-13)26-3)21-15-9-14(12-5-6-12)23-24-10-20-22-19(15)24/h7-12,21H,5-6H2,1-4H3. The van der Waals surface area contributed by atoms with Crippen molar-refractivity contribution in [3.8, 4) is 17.2 Å². The van der Waals surface area contributed by atoms with Crippen molar-refractivity contribution in [2.45, 2.75) is 31.7 Å². The number of aromatic nitrogens is 4. The lowest BCUT2D eigenvalue weighted by molar-refractivity contribution is 0.323. The largest absolute Gasteiger partial charge is 0.493 e. The molecule has 2 heterocycles. The molecule has 1 unspecified atom stereocenters. The molecule has 0 aliphatic heterocycles. The highest BCUT2D eigenvalue weighted by Crippen LogP contribution is 2.42. The fourth-order valence-corrected chi connectivity index (χ4v) is 3.20. The molecule has 0 radical (unpaired) electrons. The molecule has 1 aliphatic rings. The third-order valence-corrected chi connectivity index (χ3v) is 4.84. The Bertz CT molecular complexity index is 942. The molecule has 2 aromatic heterocycles. The normalized spacial score (nSPS) is 14.8. The van der Waals surface area contributed by atoms with E-state index in [2.05, 4.69) is 33.6 Å². The molecule has 0 saturated heterocycles. The Kier molecular flexibility index (Phi) is 4.47. The lowest BCUT2D eigenvalue weighted by Crippen LogP contribution is -2.10. The van der Waals surface area contributed by atoms with E-state index in [1.54, 1.807) is 32.2 Å². The maximum Gasteiger partial charge on any atom is 0.203 e. The SMILES string of the molecule is COc1cc(C(C)Nc2cc(C3CC3)nn3cnnc23)cc(OC)c1OC. The second-order valence-corrected chi connectivity index (χ2v) is 6.68. The summed E-state index contributed by atoms with van der Waals surface area (Å²) in [7, 11) is 4.83. The number of hydrogen-bond acceptors (Lipinski definition) is 7. The monoisotopic (exact) mass is 369 g/mol. The van der Waals surface area contributed by atoms with Crippen molar-refractivity contribution in [1.29, 1.82) is 0 Å². The highest BCUT2D eigenvalue weighted by molar-refractivity contribution is 5.68. The summed E-state index contributed by atoms with van der Waals surface area (Å²) in [6, 6.07) is 5.95. The summed E-state index contributed by atoms with van der Waals surface area (Å²) in [6.45, 7) is 2.07. The first kappa shape index (κ1) is 17.4. The predicted molar refractivity (Wildman–Crippen MR) is 101 cm³/mol. The smallest absolute Gasteiger partial charge is 0.203 e. The van der Waals surface area contributed by atoms with Crippen molar-refractivity contribution in [3.63, 3.8) is 0 Å². The average molecular weight is 369 g/mol. The molecular weight excluding hydrogens is 346 g/mol. The van der Waals surface area contributed by atoms with Crippen LogP contribution < -0.4 is 19.5 Å². The number of benzene rings is 1. The van der Waals surface area contributed by atoms with Gasteiger partial charge in [0, 0.05) is 12.0 Å². The third kappa shape index (κ3) is 3.22. The minimum Gasteiger partial charge on any atom is -0.493 e. The van der Waals surface area contributed by atoms with E-state index in [9.17, 15) is 0 Å². The highest BCUT2D eigenvalue weighted by Gasteiger charge is 2.27. The molecule has 8 nitrogen and oxygen atoms in total. The fraction of sp³-hybridized carbons (Fsp3) is 0.421. The molecule has 1 atom stereocenters. The quantitative estimate of drug-likeness (QED) is 0.685. The topological polar surface area (TPSA) is 82.8 Å². The summed E-state index contributed by atoms with van der Waals surface area (Å²) in [6.07, 6.45) is 4.00. The van der Waals surface area contributed by atoms with Gasteiger partial charge in [0.25, 0.3) is 0 Å². The van der Waals surface area contributed by atoms with Crippen LogP contribution in [0, 0.1) is 0 Å². The van der Waals surface area contributed by atoms with Crippen LogP contribution in [-0.2, 0) is 0 Å². The van der Waals surface area contributed by atoms with E-state index >= 15 is 0 Å². The van der Waals surface area contributed by atoms with Crippen LogP contribution in [0.3, 0.4) is 0 Å². The molecule has 27 heavy (non-hydrogen) atoms. The Morgan fingerprint density at radius 1 is 1.07 bits per heavy atom. The summed E-state index contributed by atoms with van der Waals surface area (Å²) >= 11 is 0. The maximum atomic E-state index is 5.47. The Balaban J connectivity index is 1.69. The molecule has 0 spiro atoms. The lowest BCUT2D eigenvalue weighted by atomic mass is 10.1. The first-order valence-corrected chi connectivity index (χ1v) is 8.92. The summed E-state index contributed by atoms with van der Waals surface area (Å²) in [5.41, 5.74) is 3.69. The molecule has 1 aromatic carbocycles. The number of nitrogens with one attached hydrogen (secondary N) is 1. The molecule has 3 aromatic rings. The van der Waals surface area contributed by atoms with Crippen LogP contribution in [0.5, 0.6) is 17.2 Å². The zero-order chi connectivity index (χ0) is 19.0.